The first-order valence-corrected chi connectivity index (χ1v) is 8.80. The number of amides is 1. The first-order chi connectivity index (χ1) is 11.9. The van der Waals surface area contributed by atoms with Crippen molar-refractivity contribution in [2.45, 2.75) is 46.2 Å². The molecule has 0 bridgehead atoms. The highest BCUT2D eigenvalue weighted by molar-refractivity contribution is 5.94. The summed E-state index contributed by atoms with van der Waals surface area (Å²) in [4.78, 5) is 14.4. The van der Waals surface area contributed by atoms with E-state index in [1.807, 2.05) is 36.4 Å². The van der Waals surface area contributed by atoms with Crippen molar-refractivity contribution >= 4 is 11.6 Å². The van der Waals surface area contributed by atoms with E-state index in [1.165, 1.54) is 6.07 Å². The summed E-state index contributed by atoms with van der Waals surface area (Å²) < 4.78 is 16.2. The minimum atomic E-state index is -0.333. The Bertz CT molecular complexity index is 765. The quantitative estimate of drug-likeness (QED) is 0.907. The molecule has 1 unspecified atom stereocenters. The Hall–Kier alpha value is -2.37. The molecule has 1 saturated heterocycles. The summed E-state index contributed by atoms with van der Waals surface area (Å²) in [5, 5.41) is 7.32. The first-order valence-electron chi connectivity index (χ1n) is 8.80. The SMILES string of the molecule is Cc1cc(C)n(CC(C)NC(=O)c2ccc(N3CCCC3)c(F)c2)n1. The second-order valence-corrected chi connectivity index (χ2v) is 6.84. The van der Waals surface area contributed by atoms with E-state index in [9.17, 15) is 9.18 Å². The van der Waals surface area contributed by atoms with Gasteiger partial charge in [0.25, 0.3) is 5.91 Å². The van der Waals surface area contributed by atoms with E-state index in [-0.39, 0.29) is 17.8 Å². The van der Waals surface area contributed by atoms with Crippen LogP contribution in [0, 0.1) is 19.7 Å². The van der Waals surface area contributed by atoms with Crippen molar-refractivity contribution in [3.05, 3.63) is 47.0 Å². The average Bonchev–Trinajstić information content (AvgIpc) is 3.17. The van der Waals surface area contributed by atoms with E-state index in [0.717, 1.165) is 37.3 Å². The van der Waals surface area contributed by atoms with E-state index in [0.29, 0.717) is 17.8 Å². The van der Waals surface area contributed by atoms with E-state index in [2.05, 4.69) is 10.4 Å². The number of carbonyl (C=O) groups excluding carboxylic acids is 1. The lowest BCUT2D eigenvalue weighted by Crippen LogP contribution is -2.36. The smallest absolute Gasteiger partial charge is 0.251 e. The van der Waals surface area contributed by atoms with E-state index < -0.39 is 0 Å². The topological polar surface area (TPSA) is 50.2 Å². The molecular weight excluding hydrogens is 319 g/mol. The fourth-order valence-corrected chi connectivity index (χ4v) is 3.33. The third-order valence-electron chi connectivity index (χ3n) is 4.58. The molecule has 1 amide bonds. The van der Waals surface area contributed by atoms with Crippen LogP contribution < -0.4 is 10.2 Å². The molecule has 0 radical (unpaired) electrons. The summed E-state index contributed by atoms with van der Waals surface area (Å²) in [7, 11) is 0. The third-order valence-corrected chi connectivity index (χ3v) is 4.58. The van der Waals surface area contributed by atoms with Crippen molar-refractivity contribution in [2.75, 3.05) is 18.0 Å². The predicted octanol–water partition coefficient (Wildman–Crippen LogP) is 3.06. The molecule has 2 aromatic rings. The maximum absolute atomic E-state index is 14.4. The summed E-state index contributed by atoms with van der Waals surface area (Å²) in [6.45, 7) is 8.19. The third kappa shape index (κ3) is 4.00. The molecule has 1 aliphatic heterocycles. The summed E-state index contributed by atoms with van der Waals surface area (Å²) >= 11 is 0. The van der Waals surface area contributed by atoms with Gasteiger partial charge in [0.1, 0.15) is 5.82 Å². The minimum Gasteiger partial charge on any atom is -0.369 e. The largest absolute Gasteiger partial charge is 0.369 e. The standard InChI is InChI=1S/C19H25FN4O/c1-13-10-15(3)24(22-13)12-14(2)21-19(25)16-6-7-18(17(20)11-16)23-8-4-5-9-23/h6-7,10-11,14H,4-5,8-9,12H2,1-3H3,(H,21,25). The van der Waals surface area contributed by atoms with Gasteiger partial charge in [-0.15, -0.1) is 0 Å². The number of aryl methyl sites for hydroxylation is 2. The molecule has 6 heteroatoms. The molecule has 1 atom stereocenters. The van der Waals surface area contributed by atoms with Gasteiger partial charge in [-0.25, -0.2) is 4.39 Å². The molecule has 5 nitrogen and oxygen atoms in total. The van der Waals surface area contributed by atoms with Gasteiger partial charge in [-0.2, -0.15) is 5.10 Å². The number of hydrogen-bond donors (Lipinski definition) is 1. The number of aromatic nitrogens is 2. The van der Waals surface area contributed by atoms with Crippen LogP contribution >= 0.6 is 0 Å². The lowest BCUT2D eigenvalue weighted by molar-refractivity contribution is 0.0935. The van der Waals surface area contributed by atoms with Crippen LogP contribution in [-0.2, 0) is 6.54 Å². The normalized spacial score (nSPS) is 15.4. The minimum absolute atomic E-state index is 0.105. The molecule has 0 spiro atoms. The molecule has 3 rings (SSSR count). The van der Waals surface area contributed by atoms with Crippen LogP contribution in [0.15, 0.2) is 24.3 Å². The van der Waals surface area contributed by atoms with Crippen molar-refractivity contribution in [3.63, 3.8) is 0 Å². The van der Waals surface area contributed by atoms with Crippen molar-refractivity contribution in [2.24, 2.45) is 0 Å². The molecule has 0 aliphatic carbocycles. The number of hydrogen-bond acceptors (Lipinski definition) is 3. The highest BCUT2D eigenvalue weighted by Gasteiger charge is 2.18. The van der Waals surface area contributed by atoms with Gasteiger partial charge in [-0.05, 0) is 57.9 Å². The van der Waals surface area contributed by atoms with Gasteiger partial charge in [0, 0.05) is 30.4 Å². The number of anilines is 1. The highest BCUT2D eigenvalue weighted by atomic mass is 19.1. The van der Waals surface area contributed by atoms with Crippen LogP contribution in [0.5, 0.6) is 0 Å². The lowest BCUT2D eigenvalue weighted by atomic mass is 10.1. The van der Waals surface area contributed by atoms with Crippen molar-refractivity contribution < 1.29 is 9.18 Å². The lowest BCUT2D eigenvalue weighted by Gasteiger charge is -2.19. The molecule has 1 aromatic carbocycles. The van der Waals surface area contributed by atoms with Crippen molar-refractivity contribution in [1.29, 1.82) is 0 Å². The summed E-state index contributed by atoms with van der Waals surface area (Å²) in [5.74, 6) is -0.596. The summed E-state index contributed by atoms with van der Waals surface area (Å²) in [6.07, 6.45) is 2.18. The summed E-state index contributed by atoms with van der Waals surface area (Å²) in [5.41, 5.74) is 2.95. The Kier molecular flexibility index (Phi) is 5.06. The van der Waals surface area contributed by atoms with Crippen LogP contribution in [0.4, 0.5) is 10.1 Å². The maximum Gasteiger partial charge on any atom is 0.251 e. The van der Waals surface area contributed by atoms with Gasteiger partial charge >= 0.3 is 0 Å². The fourth-order valence-electron chi connectivity index (χ4n) is 3.33. The van der Waals surface area contributed by atoms with E-state index in [4.69, 9.17) is 0 Å². The Morgan fingerprint density at radius 2 is 2.00 bits per heavy atom. The van der Waals surface area contributed by atoms with Crippen LogP contribution in [0.25, 0.3) is 0 Å². The first kappa shape index (κ1) is 17.5. The Morgan fingerprint density at radius 3 is 2.60 bits per heavy atom. The van der Waals surface area contributed by atoms with Crippen LogP contribution in [0.3, 0.4) is 0 Å². The van der Waals surface area contributed by atoms with Gasteiger partial charge in [0.2, 0.25) is 0 Å². The van der Waals surface area contributed by atoms with E-state index in [1.54, 1.807) is 12.1 Å². The van der Waals surface area contributed by atoms with Gasteiger partial charge in [-0.1, -0.05) is 0 Å². The second kappa shape index (κ2) is 7.25. The zero-order chi connectivity index (χ0) is 18.0. The van der Waals surface area contributed by atoms with Gasteiger partial charge < -0.3 is 10.2 Å². The van der Waals surface area contributed by atoms with Gasteiger partial charge in [0.05, 0.1) is 17.9 Å². The number of rotatable bonds is 5. The Balaban J connectivity index is 1.64. The number of nitrogens with one attached hydrogen (secondary N) is 1. The monoisotopic (exact) mass is 344 g/mol. The average molecular weight is 344 g/mol. The van der Waals surface area contributed by atoms with Crippen molar-refractivity contribution in [1.82, 2.24) is 15.1 Å². The molecule has 2 heterocycles. The molecule has 1 fully saturated rings. The van der Waals surface area contributed by atoms with Crippen molar-refractivity contribution in [3.8, 4) is 0 Å². The van der Waals surface area contributed by atoms with Crippen LogP contribution in [-0.4, -0.2) is 34.8 Å². The van der Waals surface area contributed by atoms with Crippen LogP contribution in [0.1, 0.15) is 41.5 Å². The summed E-state index contributed by atoms with van der Waals surface area (Å²) in [6, 6.07) is 6.63. The van der Waals surface area contributed by atoms with E-state index >= 15 is 0 Å². The molecule has 1 aromatic heterocycles. The van der Waals surface area contributed by atoms with Gasteiger partial charge in [-0.3, -0.25) is 9.48 Å². The maximum atomic E-state index is 14.4. The molecule has 0 saturated carbocycles. The Labute approximate surface area is 147 Å². The number of carbonyl (C=O) groups is 1. The Morgan fingerprint density at radius 1 is 1.28 bits per heavy atom. The predicted molar refractivity (Wildman–Crippen MR) is 96.5 cm³/mol. The van der Waals surface area contributed by atoms with Crippen LogP contribution in [0.2, 0.25) is 0 Å². The second-order valence-electron chi connectivity index (χ2n) is 6.84. The number of benzene rings is 1. The molecule has 1 N–H and O–H groups in total. The number of nitrogens with zero attached hydrogens (tertiary/aromatic N) is 3. The number of halogens is 1. The molecule has 1 aliphatic rings. The molecule has 134 valence electrons. The highest BCUT2D eigenvalue weighted by Crippen LogP contribution is 2.24. The zero-order valence-corrected chi connectivity index (χ0v) is 15.1. The molecule has 25 heavy (non-hydrogen) atoms. The molecular formula is C19H25FN4O. The fraction of sp³-hybridized carbons (Fsp3) is 0.474. The van der Waals surface area contributed by atoms with Gasteiger partial charge in [0.15, 0.2) is 0 Å². The zero-order valence-electron chi connectivity index (χ0n) is 15.1.